The number of hydrogen-bond donors (Lipinski definition) is 2. The van der Waals surface area contributed by atoms with E-state index in [1.54, 1.807) is 0 Å². The summed E-state index contributed by atoms with van der Waals surface area (Å²) in [6, 6.07) is 0. The maximum absolute atomic E-state index is 12.3. The van der Waals surface area contributed by atoms with Crippen molar-refractivity contribution in [2.24, 2.45) is 11.3 Å². The summed E-state index contributed by atoms with van der Waals surface area (Å²) in [5.74, 6) is 0.545. The van der Waals surface area contributed by atoms with Gasteiger partial charge in [0, 0.05) is 6.54 Å². The van der Waals surface area contributed by atoms with Gasteiger partial charge in [0.2, 0.25) is 5.91 Å². The molecule has 1 aliphatic rings. The first kappa shape index (κ1) is 16.7. The second-order valence-electron chi connectivity index (χ2n) is 7.35. The maximum atomic E-state index is 12.3. The Morgan fingerprint density at radius 3 is 2.88 bits per heavy atom. The van der Waals surface area contributed by atoms with Crippen LogP contribution in [0.25, 0.3) is 11.0 Å². The van der Waals surface area contributed by atoms with E-state index < -0.39 is 0 Å². The fourth-order valence-electron chi connectivity index (χ4n) is 3.94. The molecule has 0 aromatic carbocycles. The molecule has 0 unspecified atom stereocenters. The van der Waals surface area contributed by atoms with Crippen LogP contribution in [0.5, 0.6) is 0 Å². The van der Waals surface area contributed by atoms with Crippen LogP contribution < -0.4 is 10.9 Å². The number of nitrogens with zero attached hydrogens (tertiary/aromatic N) is 3. The topological polar surface area (TPSA) is 92.7 Å². The molecule has 2 heterocycles. The summed E-state index contributed by atoms with van der Waals surface area (Å²) >= 11 is 0. The Labute approximate surface area is 140 Å². The maximum Gasteiger partial charge on any atom is 0.261 e. The van der Waals surface area contributed by atoms with E-state index in [-0.39, 0.29) is 23.4 Å². The average Bonchev–Trinajstić information content (AvgIpc) is 3.14. The summed E-state index contributed by atoms with van der Waals surface area (Å²) in [6.07, 6.45) is 8.80. The van der Waals surface area contributed by atoms with Crippen molar-refractivity contribution in [3.05, 3.63) is 22.9 Å². The first-order valence-electron chi connectivity index (χ1n) is 8.65. The highest BCUT2D eigenvalue weighted by Crippen LogP contribution is 2.42. The van der Waals surface area contributed by atoms with Gasteiger partial charge in [-0.05, 0) is 30.6 Å². The highest BCUT2D eigenvalue weighted by molar-refractivity contribution is 5.79. The molecule has 3 rings (SSSR count). The molecule has 0 spiro atoms. The molecule has 0 atom stereocenters. The molecule has 2 N–H and O–H groups in total. The highest BCUT2D eigenvalue weighted by Gasteiger charge is 2.34. The third-order valence-corrected chi connectivity index (χ3v) is 4.90. The zero-order valence-corrected chi connectivity index (χ0v) is 14.3. The Kier molecular flexibility index (Phi) is 4.69. The molecule has 0 saturated heterocycles. The van der Waals surface area contributed by atoms with Gasteiger partial charge in [0.05, 0.1) is 12.5 Å². The van der Waals surface area contributed by atoms with Gasteiger partial charge in [-0.2, -0.15) is 5.10 Å². The van der Waals surface area contributed by atoms with Gasteiger partial charge >= 0.3 is 0 Å². The monoisotopic (exact) mass is 331 g/mol. The molecule has 1 aliphatic carbocycles. The van der Waals surface area contributed by atoms with E-state index in [0.29, 0.717) is 17.0 Å². The minimum Gasteiger partial charge on any atom is -0.354 e. The summed E-state index contributed by atoms with van der Waals surface area (Å²) in [6.45, 7) is 5.27. The molecular weight excluding hydrogens is 306 g/mol. The minimum absolute atomic E-state index is 0.0811. The first-order chi connectivity index (χ1) is 11.5. The van der Waals surface area contributed by atoms with Crippen molar-refractivity contribution in [2.75, 3.05) is 6.54 Å². The molecule has 1 amide bonds. The lowest BCUT2D eigenvalue weighted by molar-refractivity contribution is -0.122. The Morgan fingerprint density at radius 2 is 2.17 bits per heavy atom. The normalized spacial score (nSPS) is 16.8. The molecule has 7 nitrogen and oxygen atoms in total. The van der Waals surface area contributed by atoms with Gasteiger partial charge in [0.1, 0.15) is 11.9 Å². The third kappa shape index (κ3) is 3.49. The van der Waals surface area contributed by atoms with Crippen LogP contribution in [0.2, 0.25) is 0 Å². The molecule has 0 radical (unpaired) electrons. The van der Waals surface area contributed by atoms with Crippen molar-refractivity contribution in [1.29, 1.82) is 0 Å². The summed E-state index contributed by atoms with van der Waals surface area (Å²) in [7, 11) is 0. The number of aromatic nitrogens is 4. The van der Waals surface area contributed by atoms with Crippen molar-refractivity contribution >= 4 is 16.9 Å². The van der Waals surface area contributed by atoms with E-state index in [2.05, 4.69) is 34.2 Å². The second kappa shape index (κ2) is 6.75. The summed E-state index contributed by atoms with van der Waals surface area (Å²) < 4.78 is 1.48. The molecule has 24 heavy (non-hydrogen) atoms. The SMILES string of the molecule is CC(C)CC1(CNC(=O)Cn2ncc3c(=O)[nH]cnc32)CCCC1. The van der Waals surface area contributed by atoms with Gasteiger partial charge in [-0.15, -0.1) is 0 Å². The Balaban J connectivity index is 1.64. The molecule has 2 aromatic rings. The van der Waals surface area contributed by atoms with Crippen LogP contribution >= 0.6 is 0 Å². The molecule has 7 heteroatoms. The molecule has 2 aromatic heterocycles. The van der Waals surface area contributed by atoms with E-state index in [1.165, 1.54) is 42.9 Å². The van der Waals surface area contributed by atoms with Gasteiger partial charge < -0.3 is 10.3 Å². The van der Waals surface area contributed by atoms with Crippen LogP contribution in [0.1, 0.15) is 46.0 Å². The van der Waals surface area contributed by atoms with Crippen LogP contribution in [0.15, 0.2) is 17.3 Å². The van der Waals surface area contributed by atoms with E-state index in [0.717, 1.165) is 13.0 Å². The Morgan fingerprint density at radius 1 is 1.42 bits per heavy atom. The number of nitrogens with one attached hydrogen (secondary N) is 2. The highest BCUT2D eigenvalue weighted by atomic mass is 16.2. The van der Waals surface area contributed by atoms with E-state index in [9.17, 15) is 9.59 Å². The number of hydrogen-bond acceptors (Lipinski definition) is 4. The van der Waals surface area contributed by atoms with Gasteiger partial charge in [-0.3, -0.25) is 9.59 Å². The van der Waals surface area contributed by atoms with E-state index >= 15 is 0 Å². The Hall–Kier alpha value is -2.18. The number of rotatable bonds is 6. The lowest BCUT2D eigenvalue weighted by Gasteiger charge is -2.31. The van der Waals surface area contributed by atoms with Crippen LogP contribution in [0.3, 0.4) is 0 Å². The Bertz CT molecular complexity index is 771. The van der Waals surface area contributed by atoms with Crippen LogP contribution in [0.4, 0.5) is 0 Å². The number of amides is 1. The smallest absolute Gasteiger partial charge is 0.261 e. The predicted octanol–water partition coefficient (Wildman–Crippen LogP) is 1.84. The molecular formula is C17H25N5O2. The van der Waals surface area contributed by atoms with Crippen molar-refractivity contribution in [2.45, 2.75) is 52.5 Å². The van der Waals surface area contributed by atoms with Gasteiger partial charge in [-0.25, -0.2) is 9.67 Å². The fourth-order valence-corrected chi connectivity index (χ4v) is 3.94. The van der Waals surface area contributed by atoms with E-state index in [4.69, 9.17) is 0 Å². The second-order valence-corrected chi connectivity index (χ2v) is 7.35. The molecule has 1 saturated carbocycles. The first-order valence-corrected chi connectivity index (χ1v) is 8.65. The number of carbonyl (C=O) groups is 1. The van der Waals surface area contributed by atoms with Crippen LogP contribution in [-0.2, 0) is 11.3 Å². The van der Waals surface area contributed by atoms with Crippen molar-refractivity contribution in [3.8, 4) is 0 Å². The van der Waals surface area contributed by atoms with Crippen molar-refractivity contribution in [3.63, 3.8) is 0 Å². The summed E-state index contributed by atoms with van der Waals surface area (Å²) in [5, 5.41) is 7.59. The number of fused-ring (bicyclic) bond motifs is 1. The van der Waals surface area contributed by atoms with Crippen molar-refractivity contribution in [1.82, 2.24) is 25.1 Å². The van der Waals surface area contributed by atoms with Crippen LogP contribution in [-0.4, -0.2) is 32.2 Å². The predicted molar refractivity (Wildman–Crippen MR) is 91.5 cm³/mol. The summed E-state index contributed by atoms with van der Waals surface area (Å²) in [5.41, 5.74) is 0.436. The number of carbonyl (C=O) groups excluding carboxylic acids is 1. The van der Waals surface area contributed by atoms with Crippen LogP contribution in [0, 0.1) is 11.3 Å². The average molecular weight is 331 g/mol. The van der Waals surface area contributed by atoms with E-state index in [1.807, 2.05) is 0 Å². The zero-order valence-electron chi connectivity index (χ0n) is 14.3. The van der Waals surface area contributed by atoms with Gasteiger partial charge in [-0.1, -0.05) is 26.7 Å². The lowest BCUT2D eigenvalue weighted by Crippen LogP contribution is -2.38. The molecule has 0 aliphatic heterocycles. The fraction of sp³-hybridized carbons (Fsp3) is 0.647. The third-order valence-electron chi connectivity index (χ3n) is 4.90. The number of H-pyrrole nitrogens is 1. The molecule has 130 valence electrons. The summed E-state index contributed by atoms with van der Waals surface area (Å²) in [4.78, 5) is 30.6. The zero-order chi connectivity index (χ0) is 17.2. The number of aromatic amines is 1. The standard InChI is InChI=1S/C17H25N5O2/c1-12(2)7-17(5-3-4-6-17)10-18-14(23)9-22-15-13(8-21-22)16(24)20-11-19-15/h8,11-12H,3-7,9-10H2,1-2H3,(H,18,23)(H,19,20,24). The quantitative estimate of drug-likeness (QED) is 0.845. The largest absolute Gasteiger partial charge is 0.354 e. The molecule has 0 bridgehead atoms. The van der Waals surface area contributed by atoms with Crippen molar-refractivity contribution < 1.29 is 4.79 Å². The van der Waals surface area contributed by atoms with Gasteiger partial charge in [0.15, 0.2) is 5.65 Å². The molecule has 1 fully saturated rings. The van der Waals surface area contributed by atoms with Gasteiger partial charge in [0.25, 0.3) is 5.56 Å². The lowest BCUT2D eigenvalue weighted by atomic mass is 9.78. The minimum atomic E-state index is -0.242.